The molecule has 1 aromatic rings. The van der Waals surface area contributed by atoms with Crippen LogP contribution in [-0.2, 0) is 0 Å². The highest BCUT2D eigenvalue weighted by Gasteiger charge is 2.35. The molecule has 0 radical (unpaired) electrons. The van der Waals surface area contributed by atoms with Gasteiger partial charge in [-0.2, -0.15) is 0 Å². The largest absolute Gasteiger partial charge is 0.346 e. The van der Waals surface area contributed by atoms with Crippen molar-refractivity contribution in [2.45, 2.75) is 50.6 Å². The number of H-pyrrole nitrogens is 1. The molecule has 0 bridgehead atoms. The quantitative estimate of drug-likeness (QED) is 0.689. The molecule has 116 valence electrons. The lowest BCUT2D eigenvalue weighted by Crippen LogP contribution is -2.39. The van der Waals surface area contributed by atoms with Gasteiger partial charge in [-0.1, -0.05) is 0 Å². The molecule has 0 spiro atoms. The molecule has 2 aliphatic heterocycles. The summed E-state index contributed by atoms with van der Waals surface area (Å²) in [5.74, 6) is 1.57. The fourth-order valence-electron chi connectivity index (χ4n) is 3.93. The minimum absolute atomic E-state index is 0.610. The highest BCUT2D eigenvalue weighted by Crippen LogP contribution is 2.39. The van der Waals surface area contributed by atoms with Crippen LogP contribution in [0.4, 0.5) is 5.82 Å². The lowest BCUT2D eigenvalue weighted by molar-refractivity contribution is 0.305. The van der Waals surface area contributed by atoms with Gasteiger partial charge in [-0.3, -0.25) is 0 Å². The van der Waals surface area contributed by atoms with Crippen molar-refractivity contribution in [3.63, 3.8) is 0 Å². The molecule has 0 amide bonds. The molecule has 6 nitrogen and oxygen atoms in total. The van der Waals surface area contributed by atoms with Gasteiger partial charge in [-0.15, -0.1) is 5.53 Å². The van der Waals surface area contributed by atoms with Gasteiger partial charge in [0, 0.05) is 29.8 Å². The lowest BCUT2D eigenvalue weighted by Gasteiger charge is -2.30. The van der Waals surface area contributed by atoms with Gasteiger partial charge in [-0.25, -0.2) is 10.0 Å². The van der Waals surface area contributed by atoms with Gasteiger partial charge < -0.3 is 15.7 Å². The predicted molar refractivity (Wildman–Crippen MR) is 85.9 cm³/mol. The van der Waals surface area contributed by atoms with Crippen molar-refractivity contribution < 1.29 is 0 Å². The summed E-state index contributed by atoms with van der Waals surface area (Å²) in [5.41, 5.74) is 10.4. The van der Waals surface area contributed by atoms with Crippen LogP contribution in [0.15, 0.2) is 23.0 Å². The highest BCUT2D eigenvalue weighted by atomic mass is 15.7. The van der Waals surface area contributed by atoms with E-state index in [1.165, 1.54) is 55.5 Å². The molecule has 2 fully saturated rings. The van der Waals surface area contributed by atoms with Crippen LogP contribution in [0.1, 0.15) is 44.1 Å². The monoisotopic (exact) mass is 298 g/mol. The Morgan fingerprint density at radius 1 is 1.09 bits per heavy atom. The molecule has 4 N–H and O–H groups in total. The SMILES string of the molecule is C1=Nc2[nH]ccc2C2=C(C3CCC(NC4CC4)CC3)NNN12. The first-order valence-electron chi connectivity index (χ1n) is 8.41. The number of nitrogens with zero attached hydrogens (tertiary/aromatic N) is 2. The Hall–Kier alpha value is -1.79. The van der Waals surface area contributed by atoms with E-state index < -0.39 is 0 Å². The van der Waals surface area contributed by atoms with Crippen LogP contribution in [0.2, 0.25) is 0 Å². The number of allylic oxidation sites excluding steroid dienone is 1. The number of aromatic amines is 1. The fraction of sp³-hybridized carbons (Fsp3) is 0.562. The molecule has 0 unspecified atom stereocenters. The van der Waals surface area contributed by atoms with Crippen molar-refractivity contribution in [3.8, 4) is 0 Å². The first-order valence-corrected chi connectivity index (χ1v) is 8.41. The third kappa shape index (κ3) is 2.06. The maximum absolute atomic E-state index is 4.43. The molecule has 3 heterocycles. The number of aromatic nitrogens is 1. The molecule has 4 aliphatic rings. The van der Waals surface area contributed by atoms with E-state index in [1.54, 1.807) is 0 Å². The summed E-state index contributed by atoms with van der Waals surface area (Å²) in [6.45, 7) is 0. The van der Waals surface area contributed by atoms with Crippen molar-refractivity contribution in [1.82, 2.24) is 26.3 Å². The Kier molecular flexibility index (Phi) is 2.81. The van der Waals surface area contributed by atoms with E-state index in [0.717, 1.165) is 17.9 Å². The molecule has 2 saturated carbocycles. The molecule has 0 aromatic carbocycles. The summed E-state index contributed by atoms with van der Waals surface area (Å²) in [7, 11) is 0. The summed E-state index contributed by atoms with van der Waals surface area (Å²) in [6.07, 6.45) is 11.6. The first-order chi connectivity index (χ1) is 10.9. The zero-order valence-corrected chi connectivity index (χ0v) is 12.6. The van der Waals surface area contributed by atoms with E-state index in [1.807, 2.05) is 17.5 Å². The topological polar surface area (TPSA) is 67.5 Å². The Bertz CT molecular complexity index is 633. The molecule has 6 heteroatoms. The van der Waals surface area contributed by atoms with Gasteiger partial charge in [0.1, 0.15) is 12.2 Å². The third-order valence-corrected chi connectivity index (χ3v) is 5.27. The molecular weight excluding hydrogens is 276 g/mol. The lowest BCUT2D eigenvalue weighted by atomic mass is 9.83. The Balaban J connectivity index is 1.37. The molecule has 1 aromatic heterocycles. The summed E-state index contributed by atoms with van der Waals surface area (Å²) < 4.78 is 0. The van der Waals surface area contributed by atoms with E-state index in [2.05, 4.69) is 32.3 Å². The van der Waals surface area contributed by atoms with Gasteiger partial charge in [0.2, 0.25) is 0 Å². The average molecular weight is 298 g/mol. The third-order valence-electron chi connectivity index (χ3n) is 5.27. The van der Waals surface area contributed by atoms with Gasteiger partial charge >= 0.3 is 0 Å². The van der Waals surface area contributed by atoms with Crippen molar-refractivity contribution in [2.24, 2.45) is 10.9 Å². The number of hydrogen-bond acceptors (Lipinski definition) is 5. The molecule has 5 rings (SSSR count). The van der Waals surface area contributed by atoms with Crippen LogP contribution >= 0.6 is 0 Å². The predicted octanol–water partition coefficient (Wildman–Crippen LogP) is 1.99. The van der Waals surface area contributed by atoms with Gasteiger partial charge in [-0.05, 0) is 44.6 Å². The van der Waals surface area contributed by atoms with E-state index in [4.69, 9.17) is 0 Å². The number of rotatable bonds is 3. The molecular formula is C16H22N6. The number of hydrazine groups is 2. The van der Waals surface area contributed by atoms with E-state index in [0.29, 0.717) is 5.92 Å². The second-order valence-electron chi connectivity index (χ2n) is 6.84. The Morgan fingerprint density at radius 2 is 1.86 bits per heavy atom. The summed E-state index contributed by atoms with van der Waals surface area (Å²) >= 11 is 0. The van der Waals surface area contributed by atoms with E-state index in [-0.39, 0.29) is 0 Å². The van der Waals surface area contributed by atoms with Crippen LogP contribution in [0.3, 0.4) is 0 Å². The second-order valence-corrected chi connectivity index (χ2v) is 6.84. The van der Waals surface area contributed by atoms with Crippen molar-refractivity contribution >= 4 is 17.9 Å². The Labute approximate surface area is 130 Å². The van der Waals surface area contributed by atoms with E-state index >= 15 is 0 Å². The molecule has 0 atom stereocenters. The number of hydrogen-bond donors (Lipinski definition) is 4. The maximum atomic E-state index is 4.43. The summed E-state index contributed by atoms with van der Waals surface area (Å²) in [6, 6.07) is 3.67. The second kappa shape index (κ2) is 4.86. The smallest absolute Gasteiger partial charge is 0.141 e. The van der Waals surface area contributed by atoms with Gasteiger partial charge in [0.15, 0.2) is 0 Å². The van der Waals surface area contributed by atoms with Crippen LogP contribution < -0.4 is 16.3 Å². The zero-order chi connectivity index (χ0) is 14.5. The number of fused-ring (bicyclic) bond motifs is 3. The molecule has 0 saturated heterocycles. The minimum Gasteiger partial charge on any atom is -0.346 e. The highest BCUT2D eigenvalue weighted by molar-refractivity contribution is 5.87. The average Bonchev–Trinajstić information content (AvgIpc) is 3.07. The molecule has 2 aliphatic carbocycles. The fourth-order valence-corrected chi connectivity index (χ4v) is 3.93. The van der Waals surface area contributed by atoms with Crippen LogP contribution in [0.25, 0.3) is 5.70 Å². The summed E-state index contributed by atoms with van der Waals surface area (Å²) in [4.78, 5) is 7.63. The van der Waals surface area contributed by atoms with Crippen molar-refractivity contribution in [3.05, 3.63) is 23.5 Å². The zero-order valence-electron chi connectivity index (χ0n) is 12.6. The Morgan fingerprint density at radius 3 is 2.64 bits per heavy atom. The minimum atomic E-state index is 0.610. The van der Waals surface area contributed by atoms with Crippen LogP contribution in [0.5, 0.6) is 0 Å². The first kappa shape index (κ1) is 12.7. The maximum Gasteiger partial charge on any atom is 0.141 e. The van der Waals surface area contributed by atoms with Crippen LogP contribution in [0, 0.1) is 5.92 Å². The number of aliphatic imine (C=N–C) groups is 1. The normalized spacial score (nSPS) is 30.3. The number of nitrogens with one attached hydrogen (secondary N) is 4. The van der Waals surface area contributed by atoms with E-state index in [9.17, 15) is 0 Å². The van der Waals surface area contributed by atoms with Crippen molar-refractivity contribution in [1.29, 1.82) is 0 Å². The molecule has 22 heavy (non-hydrogen) atoms. The van der Waals surface area contributed by atoms with Gasteiger partial charge in [0.05, 0.1) is 11.4 Å². The van der Waals surface area contributed by atoms with Crippen molar-refractivity contribution in [2.75, 3.05) is 0 Å². The summed E-state index contributed by atoms with van der Waals surface area (Å²) in [5, 5.41) is 5.78. The van der Waals surface area contributed by atoms with Crippen LogP contribution in [-0.4, -0.2) is 28.4 Å². The standard InChI is InChI=1S/C16H22N6/c1-3-11(19-12-5-6-12)4-2-10(1)14-15-13-7-8-17-16(13)18-9-22(15)21-20-14/h7-12,17,19-21H,1-6H2. The van der Waals surface area contributed by atoms with Gasteiger partial charge in [0.25, 0.3) is 0 Å².